The summed E-state index contributed by atoms with van der Waals surface area (Å²) in [5.41, 5.74) is 0.392. The Kier molecular flexibility index (Phi) is 2.52. The van der Waals surface area contributed by atoms with Crippen LogP contribution in [-0.2, 0) is 0 Å². The Hall–Kier alpha value is -1.30. The van der Waals surface area contributed by atoms with Gasteiger partial charge >= 0.3 is 0 Å². The van der Waals surface area contributed by atoms with E-state index in [1.807, 2.05) is 13.8 Å². The normalized spacial score (nSPS) is 11.2. The molecule has 0 aliphatic rings. The van der Waals surface area contributed by atoms with Crippen molar-refractivity contribution in [3.63, 3.8) is 0 Å². The molecule has 2 rings (SSSR count). The van der Waals surface area contributed by atoms with Crippen molar-refractivity contribution in [3.05, 3.63) is 27.0 Å². The Labute approximate surface area is 94.1 Å². The van der Waals surface area contributed by atoms with Gasteiger partial charge in [0.25, 0.3) is 5.56 Å². The van der Waals surface area contributed by atoms with Crippen LogP contribution >= 0.6 is 15.9 Å². The second kappa shape index (κ2) is 3.69. The van der Waals surface area contributed by atoms with Crippen molar-refractivity contribution in [2.45, 2.75) is 19.8 Å². The van der Waals surface area contributed by atoms with Crippen LogP contribution in [0.2, 0.25) is 0 Å². The van der Waals surface area contributed by atoms with Crippen LogP contribution in [0.3, 0.4) is 0 Å². The summed E-state index contributed by atoms with van der Waals surface area (Å²) in [6, 6.07) is 0. The molecule has 0 aromatic carbocycles. The summed E-state index contributed by atoms with van der Waals surface area (Å²) < 4.78 is 0.572. The van der Waals surface area contributed by atoms with Crippen LogP contribution in [0, 0.1) is 0 Å². The van der Waals surface area contributed by atoms with E-state index in [1.165, 1.54) is 6.20 Å². The highest BCUT2D eigenvalue weighted by molar-refractivity contribution is 9.10. The van der Waals surface area contributed by atoms with Gasteiger partial charge in [-0.2, -0.15) is 0 Å². The average Bonchev–Trinajstić information content (AvgIpc) is 2.16. The lowest BCUT2D eigenvalue weighted by Crippen LogP contribution is -2.14. The molecule has 0 unspecified atom stereocenters. The summed E-state index contributed by atoms with van der Waals surface area (Å²) in [5.74, 6) is 0.780. The largest absolute Gasteiger partial charge is 0.308 e. The fourth-order valence-corrected chi connectivity index (χ4v) is 1.46. The summed E-state index contributed by atoms with van der Waals surface area (Å²) >= 11 is 3.19. The Morgan fingerprint density at radius 2 is 2.13 bits per heavy atom. The van der Waals surface area contributed by atoms with E-state index in [1.54, 1.807) is 0 Å². The molecule has 0 aliphatic heterocycles. The van der Waals surface area contributed by atoms with Gasteiger partial charge in [0.2, 0.25) is 0 Å². The Morgan fingerprint density at radius 1 is 1.40 bits per heavy atom. The van der Waals surface area contributed by atoms with E-state index >= 15 is 0 Å². The molecule has 0 radical (unpaired) electrons. The van der Waals surface area contributed by atoms with Gasteiger partial charge in [0.1, 0.15) is 10.4 Å². The molecule has 2 aromatic heterocycles. The van der Waals surface area contributed by atoms with Crippen LogP contribution < -0.4 is 5.56 Å². The molecule has 0 fully saturated rings. The molecule has 78 valence electrons. The molecule has 1 N–H and O–H groups in total. The van der Waals surface area contributed by atoms with Crippen molar-refractivity contribution in [1.29, 1.82) is 0 Å². The first-order valence-electron chi connectivity index (χ1n) is 4.50. The molecular weight excluding hydrogens is 260 g/mol. The number of nitrogens with zero attached hydrogens (tertiary/aromatic N) is 3. The number of nitrogens with one attached hydrogen (secondary N) is 1. The third-order valence-corrected chi connectivity index (χ3v) is 2.34. The van der Waals surface area contributed by atoms with Crippen molar-refractivity contribution in [3.8, 4) is 0 Å². The lowest BCUT2D eigenvalue weighted by atomic mass is 10.2. The number of hydrogen-bond donors (Lipinski definition) is 1. The maximum absolute atomic E-state index is 11.6. The quantitative estimate of drug-likeness (QED) is 0.853. The van der Waals surface area contributed by atoms with Gasteiger partial charge in [-0.05, 0) is 15.9 Å². The van der Waals surface area contributed by atoms with E-state index in [0.717, 1.165) is 0 Å². The minimum atomic E-state index is -0.247. The number of aromatic nitrogens is 4. The van der Waals surface area contributed by atoms with Crippen molar-refractivity contribution < 1.29 is 0 Å². The number of fused-ring (bicyclic) bond motifs is 1. The Morgan fingerprint density at radius 3 is 2.80 bits per heavy atom. The smallest absolute Gasteiger partial charge is 0.279 e. The van der Waals surface area contributed by atoms with E-state index in [9.17, 15) is 4.79 Å². The van der Waals surface area contributed by atoms with Gasteiger partial charge in [0, 0.05) is 5.92 Å². The lowest BCUT2D eigenvalue weighted by molar-refractivity contribution is 0.772. The molecule has 0 amide bonds. The van der Waals surface area contributed by atoms with Gasteiger partial charge in [-0.1, -0.05) is 13.8 Å². The third-order valence-electron chi connectivity index (χ3n) is 1.95. The fraction of sp³-hybridized carbons (Fsp3) is 0.333. The fourth-order valence-electron chi connectivity index (χ4n) is 1.19. The number of rotatable bonds is 1. The Balaban J connectivity index is 2.80. The third kappa shape index (κ3) is 1.90. The average molecular weight is 269 g/mol. The number of hydrogen-bond acceptors (Lipinski definition) is 4. The number of H-pyrrole nitrogens is 1. The monoisotopic (exact) mass is 268 g/mol. The van der Waals surface area contributed by atoms with Crippen LogP contribution in [-0.4, -0.2) is 19.9 Å². The lowest BCUT2D eigenvalue weighted by Gasteiger charge is -2.04. The molecule has 2 heterocycles. The summed E-state index contributed by atoms with van der Waals surface area (Å²) in [4.78, 5) is 26.6. The summed E-state index contributed by atoms with van der Waals surface area (Å²) in [6.45, 7) is 3.91. The molecule has 0 spiro atoms. The molecule has 6 heteroatoms. The molecule has 0 aliphatic carbocycles. The SMILES string of the molecule is CC(C)c1nc2nc(Br)cnc2c(=O)[nH]1. The predicted octanol–water partition coefficient (Wildman–Crippen LogP) is 1.60. The topological polar surface area (TPSA) is 71.5 Å². The number of halogens is 1. The van der Waals surface area contributed by atoms with Crippen molar-refractivity contribution in [1.82, 2.24) is 19.9 Å². The first kappa shape index (κ1) is 10.2. The van der Waals surface area contributed by atoms with Crippen LogP contribution in [0.1, 0.15) is 25.6 Å². The number of aromatic amines is 1. The minimum Gasteiger partial charge on any atom is -0.308 e. The van der Waals surface area contributed by atoms with Gasteiger partial charge < -0.3 is 4.98 Å². The maximum Gasteiger partial charge on any atom is 0.279 e. The minimum absolute atomic E-state index is 0.155. The second-order valence-corrected chi connectivity index (χ2v) is 4.28. The van der Waals surface area contributed by atoms with Crippen LogP contribution in [0.4, 0.5) is 0 Å². The van der Waals surface area contributed by atoms with Crippen LogP contribution in [0.15, 0.2) is 15.6 Å². The van der Waals surface area contributed by atoms with Crippen molar-refractivity contribution >= 4 is 27.1 Å². The van der Waals surface area contributed by atoms with E-state index in [0.29, 0.717) is 16.1 Å². The van der Waals surface area contributed by atoms with E-state index < -0.39 is 0 Å². The highest BCUT2D eigenvalue weighted by atomic mass is 79.9. The Bertz CT molecular complexity index is 564. The van der Waals surface area contributed by atoms with Gasteiger partial charge in [0.05, 0.1) is 6.20 Å². The molecule has 0 saturated heterocycles. The molecule has 5 nitrogen and oxygen atoms in total. The van der Waals surface area contributed by atoms with Crippen molar-refractivity contribution in [2.75, 3.05) is 0 Å². The van der Waals surface area contributed by atoms with E-state index in [2.05, 4.69) is 35.9 Å². The molecule has 2 aromatic rings. The summed E-state index contributed by atoms with van der Waals surface area (Å²) in [6.07, 6.45) is 1.48. The standard InChI is InChI=1S/C9H9BrN4O/c1-4(2)7-13-8-6(9(15)14-7)11-3-5(10)12-8/h3-4H,1-2H3,(H,12,13,14,15). The van der Waals surface area contributed by atoms with Gasteiger partial charge in [0.15, 0.2) is 11.2 Å². The zero-order chi connectivity index (χ0) is 11.0. The molecular formula is C9H9BrN4O. The van der Waals surface area contributed by atoms with E-state index in [-0.39, 0.29) is 17.0 Å². The molecule has 0 atom stereocenters. The van der Waals surface area contributed by atoms with Crippen LogP contribution in [0.5, 0.6) is 0 Å². The summed E-state index contributed by atoms with van der Waals surface area (Å²) in [5, 5.41) is 0. The van der Waals surface area contributed by atoms with Crippen molar-refractivity contribution in [2.24, 2.45) is 0 Å². The van der Waals surface area contributed by atoms with E-state index in [4.69, 9.17) is 0 Å². The molecule has 15 heavy (non-hydrogen) atoms. The molecule has 0 saturated carbocycles. The predicted molar refractivity (Wildman–Crippen MR) is 59.7 cm³/mol. The summed E-state index contributed by atoms with van der Waals surface area (Å²) in [7, 11) is 0. The zero-order valence-electron chi connectivity index (χ0n) is 8.28. The van der Waals surface area contributed by atoms with Gasteiger partial charge in [-0.3, -0.25) is 4.79 Å². The highest BCUT2D eigenvalue weighted by Crippen LogP contribution is 2.11. The zero-order valence-corrected chi connectivity index (χ0v) is 9.87. The molecule has 0 bridgehead atoms. The van der Waals surface area contributed by atoms with Gasteiger partial charge in [-0.25, -0.2) is 15.0 Å². The first-order valence-corrected chi connectivity index (χ1v) is 5.29. The second-order valence-electron chi connectivity index (χ2n) is 3.47. The first-order chi connectivity index (χ1) is 7.08. The maximum atomic E-state index is 11.6. The van der Waals surface area contributed by atoms with Gasteiger partial charge in [-0.15, -0.1) is 0 Å². The van der Waals surface area contributed by atoms with Crippen LogP contribution in [0.25, 0.3) is 11.2 Å². The highest BCUT2D eigenvalue weighted by Gasteiger charge is 2.08.